The summed E-state index contributed by atoms with van der Waals surface area (Å²) >= 11 is 0. The van der Waals surface area contributed by atoms with Gasteiger partial charge in [-0.3, -0.25) is 4.79 Å². The van der Waals surface area contributed by atoms with E-state index in [1.807, 2.05) is 11.9 Å². The molecule has 13 heteroatoms. The van der Waals surface area contributed by atoms with Crippen LogP contribution < -0.4 is 15.2 Å². The van der Waals surface area contributed by atoms with Crippen LogP contribution in [0.5, 0.6) is 0 Å². The summed E-state index contributed by atoms with van der Waals surface area (Å²) < 4.78 is 66.9. The zero-order chi connectivity index (χ0) is 29.1. The van der Waals surface area contributed by atoms with Gasteiger partial charge in [-0.1, -0.05) is 12.1 Å². The Morgan fingerprint density at radius 1 is 1.00 bits per heavy atom. The maximum atomic E-state index is 14.0. The van der Waals surface area contributed by atoms with E-state index in [2.05, 4.69) is 15.4 Å². The maximum absolute atomic E-state index is 14.0. The molecule has 0 radical (unpaired) electrons. The van der Waals surface area contributed by atoms with E-state index in [0.717, 1.165) is 25.2 Å². The summed E-state index contributed by atoms with van der Waals surface area (Å²) in [6.45, 7) is 0.831. The number of carbonyl (C=O) groups is 1. The molecule has 1 saturated heterocycles. The molecule has 1 aromatic heterocycles. The van der Waals surface area contributed by atoms with Crippen molar-refractivity contribution in [3.05, 3.63) is 78.2 Å². The quantitative estimate of drug-likeness (QED) is 0.298. The monoisotopic (exact) mass is 586 g/mol. The first-order chi connectivity index (χ1) is 19.7. The van der Waals surface area contributed by atoms with Crippen LogP contribution in [0.15, 0.2) is 76.7 Å². The summed E-state index contributed by atoms with van der Waals surface area (Å²) in [5.41, 5.74) is 4.34. The van der Waals surface area contributed by atoms with Gasteiger partial charge in [0.05, 0.1) is 38.4 Å². The third kappa shape index (κ3) is 5.72. The molecule has 216 valence electrons. The van der Waals surface area contributed by atoms with Crippen LogP contribution >= 0.6 is 0 Å². The molecule has 1 aliphatic rings. The number of alkyl halides is 2. The number of benzene rings is 3. The van der Waals surface area contributed by atoms with Gasteiger partial charge in [-0.05, 0) is 55.6 Å². The number of aromatic nitrogens is 2. The minimum atomic E-state index is -3.99. The Kier molecular flexibility index (Phi) is 8.18. The fourth-order valence-electron chi connectivity index (χ4n) is 4.87. The molecule has 1 N–H and O–H groups in total. The number of carbonyl (C=O) groups excluding carboxylic acids is 1. The Balaban J connectivity index is 1.48. The predicted octanol–water partition coefficient (Wildman–Crippen LogP) is 3.85. The van der Waals surface area contributed by atoms with Crippen LogP contribution in [0.4, 0.5) is 24.5 Å². The fraction of sp³-hybridized carbons (Fsp3) is 0.286. The second-order valence-corrected chi connectivity index (χ2v) is 11.7. The Morgan fingerprint density at radius 3 is 2.44 bits per heavy atom. The first kappa shape index (κ1) is 28.4. The first-order valence-corrected chi connectivity index (χ1v) is 14.4. The van der Waals surface area contributed by atoms with Gasteiger partial charge in [0.2, 0.25) is 9.84 Å². The van der Waals surface area contributed by atoms with Gasteiger partial charge in [0.15, 0.2) is 6.80 Å². The van der Waals surface area contributed by atoms with Crippen molar-refractivity contribution in [2.45, 2.75) is 9.79 Å². The normalized spacial score (nSPS) is 14.4. The van der Waals surface area contributed by atoms with Gasteiger partial charge in [-0.25, -0.2) is 27.0 Å². The van der Waals surface area contributed by atoms with Crippen molar-refractivity contribution in [3.63, 3.8) is 0 Å². The van der Waals surface area contributed by atoms with E-state index in [4.69, 9.17) is 0 Å². The van der Waals surface area contributed by atoms with Crippen molar-refractivity contribution in [2.24, 2.45) is 0 Å². The Morgan fingerprint density at radius 2 is 1.73 bits per heavy atom. The summed E-state index contributed by atoms with van der Waals surface area (Å²) in [6, 6.07) is 13.9. The number of nitrogens with zero attached hydrogens (tertiary/aromatic N) is 5. The highest BCUT2D eigenvalue weighted by molar-refractivity contribution is 7.91. The molecular weight excluding hydrogens is 557 g/mol. The van der Waals surface area contributed by atoms with Crippen LogP contribution in [-0.2, 0) is 9.84 Å². The molecule has 5 rings (SSSR count). The molecular formula is C28H29F3N6O3S. The van der Waals surface area contributed by atoms with E-state index in [9.17, 15) is 26.4 Å². The standard InChI is InChI=1S/C28H29F3N6O3S/c1-34-12-14-35(15-13-34)27-24(6-3-7-26(27)36(19-30)11-10-29)28(38)33-37-25-9-8-23(16-20(25)18-32-37)41(39,40)22-5-2-4-21(31)17-22/h2-9,16-18H,10-15,19H2,1H3,(H,33,38). The average Bonchev–Trinajstić information content (AvgIpc) is 3.37. The van der Waals surface area contributed by atoms with Crippen LogP contribution in [0.3, 0.4) is 0 Å². The van der Waals surface area contributed by atoms with Gasteiger partial charge >= 0.3 is 0 Å². The van der Waals surface area contributed by atoms with Gasteiger partial charge in [0, 0.05) is 38.1 Å². The molecule has 2 heterocycles. The molecule has 0 saturated carbocycles. The number of likely N-dealkylation sites (N-methyl/N-ethyl adjacent to an activating group) is 1. The van der Waals surface area contributed by atoms with Gasteiger partial charge in [0.25, 0.3) is 5.91 Å². The number of nitrogens with one attached hydrogen (secondary N) is 1. The van der Waals surface area contributed by atoms with Crippen LogP contribution in [0.1, 0.15) is 10.4 Å². The van der Waals surface area contributed by atoms with Crippen molar-refractivity contribution in [2.75, 3.05) is 68.5 Å². The number of sulfone groups is 1. The molecule has 0 bridgehead atoms. The lowest BCUT2D eigenvalue weighted by atomic mass is 10.1. The topological polar surface area (TPSA) is 90.8 Å². The fourth-order valence-corrected chi connectivity index (χ4v) is 6.20. The molecule has 41 heavy (non-hydrogen) atoms. The average molecular weight is 587 g/mol. The van der Waals surface area contributed by atoms with Crippen LogP contribution in [0.25, 0.3) is 10.9 Å². The highest BCUT2D eigenvalue weighted by Gasteiger charge is 2.26. The number of piperazine rings is 1. The lowest BCUT2D eigenvalue weighted by Crippen LogP contribution is -2.46. The highest BCUT2D eigenvalue weighted by Crippen LogP contribution is 2.34. The van der Waals surface area contributed by atoms with Gasteiger partial charge < -0.3 is 14.7 Å². The Labute approximate surface area is 235 Å². The van der Waals surface area contributed by atoms with Crippen molar-refractivity contribution in [1.29, 1.82) is 0 Å². The minimum absolute atomic E-state index is 0.0503. The van der Waals surface area contributed by atoms with Gasteiger partial charge in [0.1, 0.15) is 12.5 Å². The molecule has 0 unspecified atom stereocenters. The van der Waals surface area contributed by atoms with Gasteiger partial charge in [-0.15, -0.1) is 0 Å². The van der Waals surface area contributed by atoms with Crippen LogP contribution in [-0.4, -0.2) is 82.4 Å². The number of halogens is 3. The van der Waals surface area contributed by atoms with Crippen LogP contribution in [0.2, 0.25) is 0 Å². The lowest BCUT2D eigenvalue weighted by molar-refractivity contribution is 0.101. The summed E-state index contributed by atoms with van der Waals surface area (Å²) in [6.07, 6.45) is 1.41. The largest absolute Gasteiger partial charge is 0.367 e. The van der Waals surface area contributed by atoms with Gasteiger partial charge in [-0.2, -0.15) is 9.89 Å². The molecule has 4 aromatic rings. The molecule has 1 amide bonds. The van der Waals surface area contributed by atoms with E-state index in [-0.39, 0.29) is 21.9 Å². The first-order valence-electron chi connectivity index (χ1n) is 13.0. The molecule has 0 spiro atoms. The summed E-state index contributed by atoms with van der Waals surface area (Å²) in [7, 11) is -2.00. The second-order valence-electron chi connectivity index (χ2n) is 9.71. The number of fused-ring (bicyclic) bond motifs is 1. The number of rotatable bonds is 9. The number of amides is 1. The van der Waals surface area contributed by atoms with E-state index in [1.165, 1.54) is 46.2 Å². The SMILES string of the molecule is CN1CCN(c2c(C(=O)Nn3ncc4cc(S(=O)(=O)c5cccc(F)c5)ccc43)cccc2N(CF)CCF)CC1. The van der Waals surface area contributed by atoms with Crippen molar-refractivity contribution >= 4 is 38.0 Å². The minimum Gasteiger partial charge on any atom is -0.367 e. The molecule has 1 aliphatic heterocycles. The second kappa shape index (κ2) is 11.8. The smallest absolute Gasteiger partial charge is 0.273 e. The van der Waals surface area contributed by atoms with E-state index in [1.54, 1.807) is 18.2 Å². The zero-order valence-corrected chi connectivity index (χ0v) is 23.1. The lowest BCUT2D eigenvalue weighted by Gasteiger charge is -2.37. The number of hydrogen-bond acceptors (Lipinski definition) is 7. The summed E-state index contributed by atoms with van der Waals surface area (Å²) in [4.78, 5) is 20.0. The van der Waals surface area contributed by atoms with Crippen molar-refractivity contribution in [3.8, 4) is 0 Å². The Hall–Kier alpha value is -4.10. The summed E-state index contributed by atoms with van der Waals surface area (Å²) in [5, 5.41) is 4.65. The Bertz CT molecular complexity index is 1670. The summed E-state index contributed by atoms with van der Waals surface area (Å²) in [5.74, 6) is -1.19. The number of para-hydroxylation sites is 1. The van der Waals surface area contributed by atoms with E-state index >= 15 is 0 Å². The van der Waals surface area contributed by atoms with Crippen LogP contribution in [0, 0.1) is 5.82 Å². The zero-order valence-electron chi connectivity index (χ0n) is 22.3. The van der Waals surface area contributed by atoms with E-state index < -0.39 is 35.0 Å². The molecule has 0 atom stereocenters. The molecule has 9 nitrogen and oxygen atoms in total. The number of anilines is 2. The molecule has 0 aliphatic carbocycles. The predicted molar refractivity (Wildman–Crippen MR) is 151 cm³/mol. The highest BCUT2D eigenvalue weighted by atomic mass is 32.2. The molecule has 3 aromatic carbocycles. The number of hydrogen-bond donors (Lipinski definition) is 1. The van der Waals surface area contributed by atoms with E-state index in [0.29, 0.717) is 35.4 Å². The maximum Gasteiger partial charge on any atom is 0.273 e. The van der Waals surface area contributed by atoms with Crippen molar-refractivity contribution in [1.82, 2.24) is 14.8 Å². The molecule has 1 fully saturated rings. The van der Waals surface area contributed by atoms with Crippen molar-refractivity contribution < 1.29 is 26.4 Å². The third-order valence-corrected chi connectivity index (χ3v) is 8.83. The third-order valence-electron chi connectivity index (χ3n) is 7.08.